The van der Waals surface area contributed by atoms with Crippen molar-refractivity contribution >= 4 is 23.8 Å². The van der Waals surface area contributed by atoms with Crippen LogP contribution in [0.25, 0.3) is 0 Å². The molecule has 1 aliphatic carbocycles. The smallest absolute Gasteiger partial charge is 0.0629 e. The number of nitrogens with zero attached hydrogens (tertiary/aromatic N) is 2. The minimum absolute atomic E-state index is 0.419. The first-order chi connectivity index (χ1) is 10.4. The molecule has 2 aromatic rings. The molecule has 1 aliphatic rings. The van der Waals surface area contributed by atoms with E-state index in [-0.39, 0.29) is 0 Å². The van der Waals surface area contributed by atoms with Gasteiger partial charge in [0.15, 0.2) is 0 Å². The van der Waals surface area contributed by atoms with Crippen LogP contribution >= 0.6 is 0 Å². The summed E-state index contributed by atoms with van der Waals surface area (Å²) in [5, 5.41) is 0. The fraction of sp³-hybridized carbons (Fsp3) is 0.158. The Kier molecular flexibility index (Phi) is 4.37. The number of hydrogen-bond donors (Lipinski definition) is 0. The summed E-state index contributed by atoms with van der Waals surface area (Å²) in [4.78, 5) is 9.03. The lowest BCUT2D eigenvalue weighted by molar-refractivity contribution is 0.820. The van der Waals surface area contributed by atoms with Crippen molar-refractivity contribution in [3.05, 3.63) is 72.3 Å². The predicted molar refractivity (Wildman–Crippen MR) is 90.0 cm³/mol. The summed E-state index contributed by atoms with van der Waals surface area (Å²) in [5.74, 6) is 0.419. The van der Waals surface area contributed by atoms with Crippen molar-refractivity contribution < 1.29 is 0 Å². The van der Waals surface area contributed by atoms with Crippen LogP contribution < -0.4 is 0 Å². The van der Waals surface area contributed by atoms with Gasteiger partial charge in [-0.1, -0.05) is 42.5 Å². The molecule has 0 fully saturated rings. The Labute approximate surface area is 125 Å². The van der Waals surface area contributed by atoms with Crippen LogP contribution in [0.3, 0.4) is 0 Å². The van der Waals surface area contributed by atoms with Gasteiger partial charge < -0.3 is 0 Å². The van der Waals surface area contributed by atoms with Crippen LogP contribution in [-0.4, -0.2) is 12.4 Å². The summed E-state index contributed by atoms with van der Waals surface area (Å²) in [7, 11) is 0. The molecule has 1 unspecified atom stereocenters. The first-order valence-electron chi connectivity index (χ1n) is 7.29. The summed E-state index contributed by atoms with van der Waals surface area (Å²) in [6.45, 7) is 0. The molecule has 2 nitrogen and oxygen atoms in total. The van der Waals surface area contributed by atoms with Crippen LogP contribution in [0.4, 0.5) is 11.4 Å². The minimum atomic E-state index is 0.419. The van der Waals surface area contributed by atoms with E-state index in [1.807, 2.05) is 73.1 Å². The van der Waals surface area contributed by atoms with Gasteiger partial charge in [0.1, 0.15) is 0 Å². The molecule has 3 rings (SSSR count). The standard InChI is InChI=1S/C19H18N2/c1-3-7-18(8-4-1)20-14-16-11-12-17(13-16)15-21-19-9-5-2-6-10-19/h1-10,13-16H,11-12H2. The highest BCUT2D eigenvalue weighted by Gasteiger charge is 2.12. The zero-order valence-electron chi connectivity index (χ0n) is 11.9. The number of aliphatic imine (C=N–C) groups is 2. The van der Waals surface area contributed by atoms with Gasteiger partial charge in [0.05, 0.1) is 11.4 Å². The van der Waals surface area contributed by atoms with E-state index < -0.39 is 0 Å². The Balaban J connectivity index is 1.62. The van der Waals surface area contributed by atoms with E-state index in [0.29, 0.717) is 5.92 Å². The van der Waals surface area contributed by atoms with Crippen LogP contribution in [0.15, 0.2) is 82.3 Å². The average molecular weight is 274 g/mol. The molecule has 1 atom stereocenters. The van der Waals surface area contributed by atoms with Crippen molar-refractivity contribution in [1.29, 1.82) is 0 Å². The summed E-state index contributed by atoms with van der Waals surface area (Å²) in [6.07, 6.45) is 8.47. The highest BCUT2D eigenvalue weighted by atomic mass is 14.7. The van der Waals surface area contributed by atoms with Crippen LogP contribution in [0.2, 0.25) is 0 Å². The first kappa shape index (κ1) is 13.5. The maximum Gasteiger partial charge on any atom is 0.0629 e. The molecule has 2 aromatic carbocycles. The Morgan fingerprint density at radius 3 is 2.10 bits per heavy atom. The third kappa shape index (κ3) is 3.99. The average Bonchev–Trinajstić information content (AvgIpc) is 3.01. The topological polar surface area (TPSA) is 24.7 Å². The molecule has 0 amide bonds. The summed E-state index contributed by atoms with van der Waals surface area (Å²) in [5.41, 5.74) is 3.31. The Morgan fingerprint density at radius 1 is 0.810 bits per heavy atom. The quantitative estimate of drug-likeness (QED) is 0.691. The maximum atomic E-state index is 4.53. The van der Waals surface area contributed by atoms with E-state index in [1.165, 1.54) is 5.57 Å². The molecule has 0 saturated heterocycles. The van der Waals surface area contributed by atoms with Crippen molar-refractivity contribution in [3.63, 3.8) is 0 Å². The highest BCUT2D eigenvalue weighted by molar-refractivity contribution is 5.83. The van der Waals surface area contributed by atoms with Gasteiger partial charge in [-0.2, -0.15) is 0 Å². The van der Waals surface area contributed by atoms with Gasteiger partial charge >= 0.3 is 0 Å². The Bertz CT molecular complexity index is 654. The van der Waals surface area contributed by atoms with Gasteiger partial charge in [0.25, 0.3) is 0 Å². The van der Waals surface area contributed by atoms with Gasteiger partial charge in [-0.25, -0.2) is 0 Å². The summed E-state index contributed by atoms with van der Waals surface area (Å²) >= 11 is 0. The molecule has 0 heterocycles. The monoisotopic (exact) mass is 274 g/mol. The molecule has 0 saturated carbocycles. The largest absolute Gasteiger partial charge is 0.261 e. The lowest BCUT2D eigenvalue weighted by atomic mass is 10.1. The fourth-order valence-corrected chi connectivity index (χ4v) is 2.37. The van der Waals surface area contributed by atoms with Crippen molar-refractivity contribution in [2.45, 2.75) is 12.8 Å². The van der Waals surface area contributed by atoms with E-state index in [0.717, 1.165) is 24.2 Å². The highest BCUT2D eigenvalue weighted by Crippen LogP contribution is 2.23. The van der Waals surface area contributed by atoms with Crippen molar-refractivity contribution in [3.8, 4) is 0 Å². The summed E-state index contributed by atoms with van der Waals surface area (Å²) in [6, 6.07) is 20.1. The number of allylic oxidation sites excluding steroid dienone is 2. The van der Waals surface area contributed by atoms with Gasteiger partial charge in [-0.3, -0.25) is 9.98 Å². The molecule has 2 heteroatoms. The van der Waals surface area contributed by atoms with Crippen LogP contribution in [0.5, 0.6) is 0 Å². The molecule has 21 heavy (non-hydrogen) atoms. The number of rotatable bonds is 4. The normalized spacial score (nSPS) is 18.5. The van der Waals surface area contributed by atoms with Gasteiger partial charge in [-0.15, -0.1) is 0 Å². The lowest BCUT2D eigenvalue weighted by Crippen LogP contribution is -1.91. The second-order valence-corrected chi connectivity index (χ2v) is 5.15. The molecular formula is C19H18N2. The van der Waals surface area contributed by atoms with E-state index in [4.69, 9.17) is 0 Å². The van der Waals surface area contributed by atoms with Crippen molar-refractivity contribution in [1.82, 2.24) is 0 Å². The van der Waals surface area contributed by atoms with E-state index in [2.05, 4.69) is 16.1 Å². The number of para-hydroxylation sites is 2. The van der Waals surface area contributed by atoms with E-state index in [9.17, 15) is 0 Å². The molecule has 0 aromatic heterocycles. The SMILES string of the molecule is C(=Nc1ccccc1)C1=CC(C=Nc2ccccc2)CC1. The zero-order chi connectivity index (χ0) is 14.3. The summed E-state index contributed by atoms with van der Waals surface area (Å²) < 4.78 is 0. The van der Waals surface area contributed by atoms with E-state index >= 15 is 0 Å². The van der Waals surface area contributed by atoms with Crippen molar-refractivity contribution in [2.24, 2.45) is 15.9 Å². The Hall–Kier alpha value is -2.48. The molecule has 0 aliphatic heterocycles. The van der Waals surface area contributed by atoms with Gasteiger partial charge in [0, 0.05) is 18.3 Å². The Morgan fingerprint density at radius 2 is 1.43 bits per heavy atom. The zero-order valence-corrected chi connectivity index (χ0v) is 11.9. The van der Waals surface area contributed by atoms with Gasteiger partial charge in [0.2, 0.25) is 0 Å². The predicted octanol–water partition coefficient (Wildman–Crippen LogP) is 5.13. The molecule has 0 N–H and O–H groups in total. The van der Waals surface area contributed by atoms with Crippen LogP contribution in [0.1, 0.15) is 12.8 Å². The molecule has 104 valence electrons. The first-order valence-corrected chi connectivity index (χ1v) is 7.29. The third-order valence-electron chi connectivity index (χ3n) is 3.50. The minimum Gasteiger partial charge on any atom is -0.261 e. The molecular weight excluding hydrogens is 256 g/mol. The van der Waals surface area contributed by atoms with Crippen LogP contribution in [-0.2, 0) is 0 Å². The third-order valence-corrected chi connectivity index (χ3v) is 3.50. The van der Waals surface area contributed by atoms with Crippen molar-refractivity contribution in [2.75, 3.05) is 0 Å². The second kappa shape index (κ2) is 6.80. The maximum absolute atomic E-state index is 4.53. The number of hydrogen-bond acceptors (Lipinski definition) is 2. The number of benzene rings is 2. The second-order valence-electron chi connectivity index (χ2n) is 5.15. The molecule has 0 radical (unpaired) electrons. The lowest BCUT2D eigenvalue weighted by Gasteiger charge is -1.97. The van der Waals surface area contributed by atoms with Crippen LogP contribution in [0, 0.1) is 5.92 Å². The van der Waals surface area contributed by atoms with Gasteiger partial charge in [-0.05, 0) is 42.7 Å². The molecule has 0 bridgehead atoms. The fourth-order valence-electron chi connectivity index (χ4n) is 2.37. The van der Waals surface area contributed by atoms with E-state index in [1.54, 1.807) is 0 Å². The molecule has 0 spiro atoms.